The van der Waals surface area contributed by atoms with Gasteiger partial charge in [-0.1, -0.05) is 0 Å². The third kappa shape index (κ3) is 5.38. The molecule has 0 aliphatic carbocycles. The SMILES string of the molecule is CNCC1CCN(CCCNCC2CCN(C)C2)C1. The smallest absolute Gasteiger partial charge is 0.00223 e. The summed E-state index contributed by atoms with van der Waals surface area (Å²) in [6.45, 7) is 10.0. The number of nitrogens with one attached hydrogen (secondary N) is 2. The molecule has 4 nitrogen and oxygen atoms in total. The Morgan fingerprint density at radius 2 is 1.84 bits per heavy atom. The molecule has 112 valence electrons. The van der Waals surface area contributed by atoms with Crippen molar-refractivity contribution < 1.29 is 0 Å². The Morgan fingerprint density at radius 3 is 2.58 bits per heavy atom. The molecular weight excluding hydrogens is 236 g/mol. The maximum atomic E-state index is 3.64. The maximum absolute atomic E-state index is 3.64. The Balaban J connectivity index is 1.44. The molecular formula is C15H32N4. The van der Waals surface area contributed by atoms with E-state index in [-0.39, 0.29) is 0 Å². The molecule has 0 spiro atoms. The molecule has 0 aromatic carbocycles. The molecule has 2 heterocycles. The van der Waals surface area contributed by atoms with Gasteiger partial charge in [-0.25, -0.2) is 0 Å². The van der Waals surface area contributed by atoms with Crippen LogP contribution in [0.3, 0.4) is 0 Å². The van der Waals surface area contributed by atoms with E-state index in [4.69, 9.17) is 0 Å². The maximum Gasteiger partial charge on any atom is 0.00223 e. The molecule has 2 unspecified atom stereocenters. The molecule has 0 amide bonds. The molecule has 2 rings (SSSR count). The van der Waals surface area contributed by atoms with Crippen molar-refractivity contribution in [3.8, 4) is 0 Å². The Hall–Kier alpha value is -0.160. The minimum Gasteiger partial charge on any atom is -0.319 e. The van der Waals surface area contributed by atoms with E-state index in [1.807, 2.05) is 0 Å². The molecule has 2 saturated heterocycles. The monoisotopic (exact) mass is 268 g/mol. The summed E-state index contributed by atoms with van der Waals surface area (Å²) in [6.07, 6.45) is 4.05. The number of likely N-dealkylation sites (tertiary alicyclic amines) is 2. The molecule has 2 aliphatic rings. The largest absolute Gasteiger partial charge is 0.319 e. The number of nitrogens with zero attached hydrogens (tertiary/aromatic N) is 2. The fraction of sp³-hybridized carbons (Fsp3) is 1.00. The lowest BCUT2D eigenvalue weighted by atomic mass is 10.1. The van der Waals surface area contributed by atoms with Gasteiger partial charge in [0.15, 0.2) is 0 Å². The fourth-order valence-electron chi connectivity index (χ4n) is 3.50. The summed E-state index contributed by atoms with van der Waals surface area (Å²) in [4.78, 5) is 5.07. The lowest BCUT2D eigenvalue weighted by molar-refractivity contribution is 0.314. The summed E-state index contributed by atoms with van der Waals surface area (Å²) in [7, 11) is 4.29. The summed E-state index contributed by atoms with van der Waals surface area (Å²) in [5, 5.41) is 6.94. The molecule has 0 aromatic heterocycles. The van der Waals surface area contributed by atoms with Crippen molar-refractivity contribution in [2.24, 2.45) is 11.8 Å². The van der Waals surface area contributed by atoms with Gasteiger partial charge in [-0.15, -0.1) is 0 Å². The number of hydrogen-bond donors (Lipinski definition) is 2. The van der Waals surface area contributed by atoms with E-state index in [0.717, 1.165) is 11.8 Å². The Kier molecular flexibility index (Phi) is 6.57. The summed E-state index contributed by atoms with van der Waals surface area (Å²) >= 11 is 0. The van der Waals surface area contributed by atoms with Gasteiger partial charge in [0.2, 0.25) is 0 Å². The van der Waals surface area contributed by atoms with Crippen LogP contribution in [-0.4, -0.2) is 76.3 Å². The first kappa shape index (κ1) is 15.2. The molecule has 2 N–H and O–H groups in total. The Bertz CT molecular complexity index is 246. The highest BCUT2D eigenvalue weighted by molar-refractivity contribution is 4.77. The standard InChI is InChI=1S/C15H32N4/c1-16-10-14-5-9-19(13-14)7-3-6-17-11-15-4-8-18(2)12-15/h14-17H,3-13H2,1-2H3. The number of rotatable bonds is 8. The van der Waals surface area contributed by atoms with Crippen molar-refractivity contribution in [3.63, 3.8) is 0 Å². The van der Waals surface area contributed by atoms with Gasteiger partial charge in [-0.2, -0.15) is 0 Å². The van der Waals surface area contributed by atoms with Crippen LogP contribution in [0.4, 0.5) is 0 Å². The van der Waals surface area contributed by atoms with Crippen molar-refractivity contribution in [2.75, 3.05) is 66.5 Å². The second kappa shape index (κ2) is 8.20. The van der Waals surface area contributed by atoms with Crippen LogP contribution < -0.4 is 10.6 Å². The zero-order valence-electron chi connectivity index (χ0n) is 12.8. The lowest BCUT2D eigenvalue weighted by Gasteiger charge is -2.17. The Morgan fingerprint density at radius 1 is 1.05 bits per heavy atom. The molecule has 0 saturated carbocycles. The molecule has 0 aromatic rings. The second-order valence-corrected chi connectivity index (χ2v) is 6.49. The summed E-state index contributed by atoms with van der Waals surface area (Å²) in [5.74, 6) is 1.77. The molecule has 0 bridgehead atoms. The third-order valence-corrected chi connectivity index (χ3v) is 4.61. The molecule has 19 heavy (non-hydrogen) atoms. The normalized spacial score (nSPS) is 29.4. The fourth-order valence-corrected chi connectivity index (χ4v) is 3.50. The molecule has 2 fully saturated rings. The van der Waals surface area contributed by atoms with Gasteiger partial charge >= 0.3 is 0 Å². The van der Waals surface area contributed by atoms with E-state index in [1.165, 1.54) is 71.6 Å². The van der Waals surface area contributed by atoms with Crippen LogP contribution in [0.25, 0.3) is 0 Å². The van der Waals surface area contributed by atoms with Crippen LogP contribution in [0.1, 0.15) is 19.3 Å². The van der Waals surface area contributed by atoms with Gasteiger partial charge in [0.1, 0.15) is 0 Å². The van der Waals surface area contributed by atoms with E-state index in [1.54, 1.807) is 0 Å². The summed E-state index contributed by atoms with van der Waals surface area (Å²) in [6, 6.07) is 0. The molecule has 2 atom stereocenters. The lowest BCUT2D eigenvalue weighted by Crippen LogP contribution is -2.29. The van der Waals surface area contributed by atoms with Crippen molar-refractivity contribution in [3.05, 3.63) is 0 Å². The predicted octanol–water partition coefficient (Wildman–Crippen LogP) is 0.459. The molecule has 2 aliphatic heterocycles. The summed E-state index contributed by atoms with van der Waals surface area (Å²) < 4.78 is 0. The van der Waals surface area contributed by atoms with Crippen LogP contribution in [0.5, 0.6) is 0 Å². The average Bonchev–Trinajstić information content (AvgIpc) is 2.99. The minimum atomic E-state index is 0.881. The van der Waals surface area contributed by atoms with Gasteiger partial charge in [-0.3, -0.25) is 0 Å². The van der Waals surface area contributed by atoms with Crippen molar-refractivity contribution >= 4 is 0 Å². The van der Waals surface area contributed by atoms with Crippen LogP contribution >= 0.6 is 0 Å². The van der Waals surface area contributed by atoms with E-state index < -0.39 is 0 Å². The molecule has 0 radical (unpaired) electrons. The van der Waals surface area contributed by atoms with Crippen LogP contribution in [0.15, 0.2) is 0 Å². The first-order chi connectivity index (χ1) is 9.28. The van der Waals surface area contributed by atoms with Crippen LogP contribution in [0.2, 0.25) is 0 Å². The van der Waals surface area contributed by atoms with Gasteiger partial charge < -0.3 is 20.4 Å². The van der Waals surface area contributed by atoms with E-state index in [0.29, 0.717) is 0 Å². The Labute approximate surface area is 118 Å². The van der Waals surface area contributed by atoms with Gasteiger partial charge in [0, 0.05) is 13.1 Å². The van der Waals surface area contributed by atoms with Crippen LogP contribution in [0, 0.1) is 11.8 Å². The zero-order chi connectivity index (χ0) is 13.5. The predicted molar refractivity (Wildman–Crippen MR) is 81.6 cm³/mol. The topological polar surface area (TPSA) is 30.5 Å². The average molecular weight is 268 g/mol. The third-order valence-electron chi connectivity index (χ3n) is 4.61. The number of hydrogen-bond acceptors (Lipinski definition) is 4. The van der Waals surface area contributed by atoms with Crippen molar-refractivity contribution in [2.45, 2.75) is 19.3 Å². The van der Waals surface area contributed by atoms with Crippen molar-refractivity contribution in [1.82, 2.24) is 20.4 Å². The highest BCUT2D eigenvalue weighted by atomic mass is 15.1. The van der Waals surface area contributed by atoms with Crippen molar-refractivity contribution in [1.29, 1.82) is 0 Å². The van der Waals surface area contributed by atoms with Gasteiger partial charge in [0.25, 0.3) is 0 Å². The van der Waals surface area contributed by atoms with Crippen LogP contribution in [-0.2, 0) is 0 Å². The van der Waals surface area contributed by atoms with E-state index >= 15 is 0 Å². The second-order valence-electron chi connectivity index (χ2n) is 6.49. The van der Waals surface area contributed by atoms with Gasteiger partial charge in [-0.05, 0) is 84.5 Å². The minimum absolute atomic E-state index is 0.881. The first-order valence-corrected chi connectivity index (χ1v) is 8.04. The van der Waals surface area contributed by atoms with E-state index in [9.17, 15) is 0 Å². The summed E-state index contributed by atoms with van der Waals surface area (Å²) in [5.41, 5.74) is 0. The zero-order valence-corrected chi connectivity index (χ0v) is 12.8. The molecule has 4 heteroatoms. The highest BCUT2D eigenvalue weighted by Crippen LogP contribution is 2.15. The van der Waals surface area contributed by atoms with Gasteiger partial charge in [0.05, 0.1) is 0 Å². The highest BCUT2D eigenvalue weighted by Gasteiger charge is 2.21. The first-order valence-electron chi connectivity index (χ1n) is 8.04. The quantitative estimate of drug-likeness (QED) is 0.626. The van der Waals surface area contributed by atoms with E-state index in [2.05, 4.69) is 34.5 Å².